The Labute approximate surface area is 174 Å². The van der Waals surface area contributed by atoms with Crippen molar-refractivity contribution in [3.8, 4) is 0 Å². The third-order valence-electron chi connectivity index (χ3n) is 5.69. The van der Waals surface area contributed by atoms with E-state index in [0.29, 0.717) is 24.9 Å². The topological polar surface area (TPSA) is 58.4 Å². The molecule has 1 fully saturated rings. The molecule has 1 aliphatic rings. The van der Waals surface area contributed by atoms with Crippen LogP contribution in [0.5, 0.6) is 0 Å². The number of aryl methyl sites for hydroxylation is 3. The van der Waals surface area contributed by atoms with Crippen LogP contribution in [-0.2, 0) is 11.3 Å². The second kappa shape index (κ2) is 8.37. The molecule has 0 bridgehead atoms. The van der Waals surface area contributed by atoms with Crippen molar-refractivity contribution in [3.63, 3.8) is 0 Å². The third-order valence-corrected chi connectivity index (χ3v) is 6.81. The van der Waals surface area contributed by atoms with Gasteiger partial charge in [0, 0.05) is 49.7 Å². The highest BCUT2D eigenvalue weighted by atomic mass is 32.1. The maximum atomic E-state index is 12.8. The molecular formula is C22H26N4O2S. The molecule has 0 radical (unpaired) electrons. The summed E-state index contributed by atoms with van der Waals surface area (Å²) in [7, 11) is 0. The highest BCUT2D eigenvalue weighted by Gasteiger charge is 2.20. The first-order chi connectivity index (χ1) is 14.0. The van der Waals surface area contributed by atoms with Crippen LogP contribution < -0.4 is 10.5 Å². The van der Waals surface area contributed by atoms with E-state index in [2.05, 4.69) is 22.0 Å². The first-order valence-corrected chi connectivity index (χ1v) is 10.9. The average molecular weight is 411 g/mol. The molecule has 4 rings (SSSR count). The molecule has 152 valence electrons. The van der Waals surface area contributed by atoms with Crippen molar-refractivity contribution in [1.82, 2.24) is 14.5 Å². The number of nitrogens with zero attached hydrogens (tertiary/aromatic N) is 4. The Bertz CT molecular complexity index is 1070. The molecule has 1 aromatic carbocycles. The summed E-state index contributed by atoms with van der Waals surface area (Å²) in [4.78, 5) is 36.2. The molecule has 0 atom stereocenters. The molecule has 0 aliphatic carbocycles. The van der Waals surface area contributed by atoms with Gasteiger partial charge < -0.3 is 9.80 Å². The van der Waals surface area contributed by atoms with Crippen molar-refractivity contribution in [2.24, 2.45) is 0 Å². The summed E-state index contributed by atoms with van der Waals surface area (Å²) in [5, 5.41) is 0.690. The second-order valence-corrected chi connectivity index (χ2v) is 8.72. The molecule has 0 N–H and O–H groups in total. The van der Waals surface area contributed by atoms with Crippen molar-refractivity contribution >= 4 is 33.1 Å². The summed E-state index contributed by atoms with van der Waals surface area (Å²) in [6, 6.07) is 10.3. The van der Waals surface area contributed by atoms with Crippen molar-refractivity contribution in [1.29, 1.82) is 0 Å². The van der Waals surface area contributed by atoms with Gasteiger partial charge in [0.25, 0.3) is 5.56 Å². The smallest absolute Gasteiger partial charge is 0.262 e. The van der Waals surface area contributed by atoms with Gasteiger partial charge in [0.15, 0.2) is 0 Å². The van der Waals surface area contributed by atoms with Crippen molar-refractivity contribution < 1.29 is 4.79 Å². The van der Waals surface area contributed by atoms with Gasteiger partial charge in [-0.15, -0.1) is 11.3 Å². The van der Waals surface area contributed by atoms with Crippen LogP contribution >= 0.6 is 11.3 Å². The average Bonchev–Trinajstić information content (AvgIpc) is 2.90. The van der Waals surface area contributed by atoms with E-state index in [4.69, 9.17) is 0 Å². The van der Waals surface area contributed by atoms with Crippen LogP contribution in [0.25, 0.3) is 10.2 Å². The molecule has 6 nitrogen and oxygen atoms in total. The summed E-state index contributed by atoms with van der Waals surface area (Å²) >= 11 is 1.55. The minimum absolute atomic E-state index is 0.0456. The fourth-order valence-corrected chi connectivity index (χ4v) is 4.85. The van der Waals surface area contributed by atoms with Crippen molar-refractivity contribution in [2.45, 2.75) is 33.2 Å². The van der Waals surface area contributed by atoms with Crippen molar-refractivity contribution in [2.75, 3.05) is 31.1 Å². The number of benzene rings is 1. The van der Waals surface area contributed by atoms with Crippen LogP contribution in [0.1, 0.15) is 23.3 Å². The van der Waals surface area contributed by atoms with Gasteiger partial charge in [-0.05, 0) is 38.0 Å². The largest absolute Gasteiger partial charge is 0.370 e. The standard InChI is InChI=1S/C22H26N4O2S/c1-16-17(2)29-21-20(16)22(28)26(15-23-21)12-9-19(27)25-11-6-10-24(13-14-25)18-7-4-3-5-8-18/h3-5,7-8,15H,6,9-14H2,1-2H3. The number of hydrogen-bond acceptors (Lipinski definition) is 5. The number of thiophene rings is 1. The highest BCUT2D eigenvalue weighted by molar-refractivity contribution is 7.18. The first-order valence-electron chi connectivity index (χ1n) is 10.1. The molecular weight excluding hydrogens is 384 g/mol. The Hall–Kier alpha value is -2.67. The monoisotopic (exact) mass is 410 g/mol. The number of fused-ring (bicyclic) bond motifs is 1. The molecule has 3 aromatic rings. The lowest BCUT2D eigenvalue weighted by Crippen LogP contribution is -2.36. The lowest BCUT2D eigenvalue weighted by molar-refractivity contribution is -0.131. The van der Waals surface area contributed by atoms with Crippen LogP contribution in [0.2, 0.25) is 0 Å². The van der Waals surface area contributed by atoms with E-state index < -0.39 is 0 Å². The lowest BCUT2D eigenvalue weighted by atomic mass is 10.2. The van der Waals surface area contributed by atoms with Gasteiger partial charge in [0.05, 0.1) is 11.7 Å². The predicted molar refractivity (Wildman–Crippen MR) is 118 cm³/mol. The maximum Gasteiger partial charge on any atom is 0.262 e. The van der Waals surface area contributed by atoms with Gasteiger partial charge in [-0.25, -0.2) is 4.98 Å². The Kier molecular flexibility index (Phi) is 5.67. The Morgan fingerprint density at radius 3 is 2.69 bits per heavy atom. The molecule has 0 saturated carbocycles. The lowest BCUT2D eigenvalue weighted by Gasteiger charge is -2.23. The Balaban J connectivity index is 1.40. The summed E-state index contributed by atoms with van der Waals surface area (Å²) in [6.07, 6.45) is 2.84. The Morgan fingerprint density at radius 1 is 1.10 bits per heavy atom. The molecule has 1 saturated heterocycles. The van der Waals surface area contributed by atoms with Crippen molar-refractivity contribution in [3.05, 3.63) is 57.5 Å². The van der Waals surface area contributed by atoms with Gasteiger partial charge in [-0.1, -0.05) is 18.2 Å². The first kappa shape index (κ1) is 19.6. The van der Waals surface area contributed by atoms with E-state index in [1.807, 2.05) is 36.9 Å². The number of hydrogen-bond donors (Lipinski definition) is 0. The normalized spacial score (nSPS) is 15.0. The fraction of sp³-hybridized carbons (Fsp3) is 0.409. The van der Waals surface area contributed by atoms with E-state index in [-0.39, 0.29) is 11.5 Å². The van der Waals surface area contributed by atoms with Gasteiger partial charge in [-0.3, -0.25) is 14.2 Å². The fourth-order valence-electron chi connectivity index (χ4n) is 3.87. The number of carbonyl (C=O) groups excluding carboxylic acids is 1. The summed E-state index contributed by atoms with van der Waals surface area (Å²) < 4.78 is 1.58. The second-order valence-electron chi connectivity index (χ2n) is 7.51. The SMILES string of the molecule is Cc1sc2ncn(CCC(=O)N3CCCN(c4ccccc4)CC3)c(=O)c2c1C. The Morgan fingerprint density at radius 2 is 1.90 bits per heavy atom. The molecule has 1 aliphatic heterocycles. The molecule has 3 heterocycles. The summed E-state index contributed by atoms with van der Waals surface area (Å²) in [5.41, 5.74) is 2.15. The van der Waals surface area contributed by atoms with E-state index in [0.717, 1.165) is 41.3 Å². The third kappa shape index (κ3) is 4.05. The molecule has 2 aromatic heterocycles. The molecule has 1 amide bonds. The predicted octanol–water partition coefficient (Wildman–Crippen LogP) is 3.20. The van der Waals surface area contributed by atoms with Gasteiger partial charge >= 0.3 is 0 Å². The van der Waals surface area contributed by atoms with Gasteiger partial charge in [0.1, 0.15) is 4.83 Å². The minimum atomic E-state index is -0.0456. The van der Waals surface area contributed by atoms with Crippen LogP contribution in [0, 0.1) is 13.8 Å². The van der Waals surface area contributed by atoms with Crippen LogP contribution in [0.4, 0.5) is 5.69 Å². The molecule has 0 unspecified atom stereocenters. The number of carbonyl (C=O) groups is 1. The minimum Gasteiger partial charge on any atom is -0.370 e. The zero-order chi connectivity index (χ0) is 20.4. The van der Waals surface area contributed by atoms with E-state index in [1.54, 1.807) is 22.2 Å². The number of aromatic nitrogens is 2. The summed E-state index contributed by atoms with van der Waals surface area (Å²) in [6.45, 7) is 7.59. The number of anilines is 1. The van der Waals surface area contributed by atoms with E-state index in [9.17, 15) is 9.59 Å². The molecule has 7 heteroatoms. The van der Waals surface area contributed by atoms with Crippen LogP contribution in [-0.4, -0.2) is 46.5 Å². The number of rotatable bonds is 4. The number of amides is 1. The van der Waals surface area contributed by atoms with Gasteiger partial charge in [-0.2, -0.15) is 0 Å². The molecule has 0 spiro atoms. The van der Waals surface area contributed by atoms with Crippen LogP contribution in [0.3, 0.4) is 0 Å². The highest BCUT2D eigenvalue weighted by Crippen LogP contribution is 2.25. The number of para-hydroxylation sites is 1. The van der Waals surface area contributed by atoms with E-state index in [1.165, 1.54) is 5.69 Å². The zero-order valence-electron chi connectivity index (χ0n) is 16.9. The van der Waals surface area contributed by atoms with E-state index >= 15 is 0 Å². The quantitative estimate of drug-likeness (QED) is 0.663. The van der Waals surface area contributed by atoms with Crippen LogP contribution in [0.15, 0.2) is 41.5 Å². The molecule has 29 heavy (non-hydrogen) atoms. The van der Waals surface area contributed by atoms with Gasteiger partial charge in [0.2, 0.25) is 5.91 Å². The maximum absolute atomic E-state index is 12.8. The zero-order valence-corrected chi connectivity index (χ0v) is 17.7. The summed E-state index contributed by atoms with van der Waals surface area (Å²) in [5.74, 6) is 0.102.